The summed E-state index contributed by atoms with van der Waals surface area (Å²) < 4.78 is 1.91. The van der Waals surface area contributed by atoms with E-state index < -0.39 is 0 Å². The average molecular weight is 272 g/mol. The number of hydrazone groups is 1. The lowest BCUT2D eigenvalue weighted by atomic mass is 10.3. The molecule has 2 rings (SSSR count). The number of amidine groups is 1. The molecule has 0 spiro atoms. The first kappa shape index (κ1) is 13.1. The van der Waals surface area contributed by atoms with Gasteiger partial charge in [0.1, 0.15) is 5.69 Å². The van der Waals surface area contributed by atoms with Gasteiger partial charge in [-0.3, -0.25) is 9.69 Å². The molecular formula is C10H18ClN7. The van der Waals surface area contributed by atoms with Crippen LogP contribution in [0.4, 0.5) is 0 Å². The molecule has 0 radical (unpaired) electrons. The summed E-state index contributed by atoms with van der Waals surface area (Å²) in [7, 11) is 3.71. The van der Waals surface area contributed by atoms with Crippen molar-refractivity contribution in [1.82, 2.24) is 19.7 Å². The van der Waals surface area contributed by atoms with Crippen molar-refractivity contribution >= 4 is 17.4 Å². The lowest BCUT2D eigenvalue weighted by Gasteiger charge is -2.13. The van der Waals surface area contributed by atoms with Crippen molar-refractivity contribution in [2.45, 2.75) is 19.5 Å². The van der Waals surface area contributed by atoms with Crippen molar-refractivity contribution in [2.24, 2.45) is 16.8 Å². The van der Waals surface area contributed by atoms with Gasteiger partial charge in [-0.25, -0.2) is 5.84 Å². The first-order valence-electron chi connectivity index (χ1n) is 5.75. The van der Waals surface area contributed by atoms with Gasteiger partial charge in [0, 0.05) is 26.7 Å². The normalized spacial score (nSPS) is 17.4. The number of hydrogen-bond donors (Lipinski definition) is 2. The molecule has 0 aliphatic carbocycles. The third kappa shape index (κ3) is 2.29. The Labute approximate surface area is 111 Å². The third-order valence-electron chi connectivity index (χ3n) is 2.99. The fourth-order valence-electron chi connectivity index (χ4n) is 2.10. The van der Waals surface area contributed by atoms with Crippen molar-refractivity contribution in [3.63, 3.8) is 0 Å². The molecule has 1 aliphatic rings. The van der Waals surface area contributed by atoms with E-state index in [0.717, 1.165) is 31.7 Å². The Hall–Kier alpha value is -1.31. The zero-order valence-corrected chi connectivity index (χ0v) is 11.4. The predicted molar refractivity (Wildman–Crippen MR) is 70.9 cm³/mol. The van der Waals surface area contributed by atoms with Crippen molar-refractivity contribution in [2.75, 3.05) is 20.6 Å². The maximum absolute atomic E-state index is 6.37. The molecule has 0 amide bonds. The summed E-state index contributed by atoms with van der Waals surface area (Å²) >= 11 is 6.37. The highest BCUT2D eigenvalue weighted by molar-refractivity contribution is 6.34. The topological polar surface area (TPSA) is 88.7 Å². The molecule has 7 nitrogen and oxygen atoms in total. The summed E-state index contributed by atoms with van der Waals surface area (Å²) in [6.07, 6.45) is 1.04. The minimum Gasteiger partial charge on any atom is -0.321 e. The predicted octanol–water partition coefficient (Wildman–Crippen LogP) is -0.202. The Morgan fingerprint density at radius 1 is 1.50 bits per heavy atom. The van der Waals surface area contributed by atoms with Gasteiger partial charge < -0.3 is 10.7 Å². The maximum Gasteiger partial charge on any atom is 0.191 e. The highest BCUT2D eigenvalue weighted by atomic mass is 35.5. The van der Waals surface area contributed by atoms with Gasteiger partial charge in [-0.05, 0) is 13.5 Å². The molecule has 4 N–H and O–H groups in total. The monoisotopic (exact) mass is 271 g/mol. The second-order valence-corrected chi connectivity index (χ2v) is 4.87. The standard InChI is InChI=1S/C10H18ClN7/c1-16-4-3-5-18-7(6-16)8(11)9(15-18)10(14-12)17(2)13/h3-6,12-13H2,1-2H3/b14-10-. The van der Waals surface area contributed by atoms with Gasteiger partial charge >= 0.3 is 0 Å². The van der Waals surface area contributed by atoms with Gasteiger partial charge in [0.25, 0.3) is 0 Å². The molecule has 0 aromatic carbocycles. The van der Waals surface area contributed by atoms with Gasteiger partial charge in [-0.2, -0.15) is 10.2 Å². The highest BCUT2D eigenvalue weighted by Crippen LogP contribution is 2.25. The molecule has 18 heavy (non-hydrogen) atoms. The Kier molecular flexibility index (Phi) is 3.74. The number of fused-ring (bicyclic) bond motifs is 1. The van der Waals surface area contributed by atoms with Crippen LogP contribution in [0.25, 0.3) is 0 Å². The highest BCUT2D eigenvalue weighted by Gasteiger charge is 2.24. The molecule has 0 unspecified atom stereocenters. The number of aromatic nitrogens is 2. The number of aryl methyl sites for hydroxylation is 1. The minimum absolute atomic E-state index is 0.378. The van der Waals surface area contributed by atoms with Crippen LogP contribution in [0.15, 0.2) is 5.10 Å². The summed E-state index contributed by atoms with van der Waals surface area (Å²) in [5.41, 5.74) is 1.52. The van der Waals surface area contributed by atoms with Crippen molar-refractivity contribution in [3.8, 4) is 0 Å². The van der Waals surface area contributed by atoms with Crippen LogP contribution in [-0.4, -0.2) is 46.2 Å². The molecule has 1 aromatic heterocycles. The molecular weight excluding hydrogens is 254 g/mol. The quantitative estimate of drug-likeness (QED) is 0.320. The van der Waals surface area contributed by atoms with Crippen LogP contribution >= 0.6 is 11.6 Å². The Morgan fingerprint density at radius 2 is 2.22 bits per heavy atom. The number of hydrazine groups is 1. The van der Waals surface area contributed by atoms with Crippen LogP contribution in [0, 0.1) is 0 Å². The van der Waals surface area contributed by atoms with Gasteiger partial charge in [0.15, 0.2) is 5.84 Å². The fourth-order valence-corrected chi connectivity index (χ4v) is 2.38. The largest absolute Gasteiger partial charge is 0.321 e. The molecule has 100 valence electrons. The summed E-state index contributed by atoms with van der Waals surface area (Å²) in [4.78, 5) is 2.21. The lowest BCUT2D eigenvalue weighted by molar-refractivity contribution is 0.332. The average Bonchev–Trinajstić information content (AvgIpc) is 2.49. The van der Waals surface area contributed by atoms with Crippen molar-refractivity contribution < 1.29 is 0 Å². The zero-order valence-electron chi connectivity index (χ0n) is 10.6. The molecule has 0 fully saturated rings. The van der Waals surface area contributed by atoms with Crippen molar-refractivity contribution in [3.05, 3.63) is 16.4 Å². The summed E-state index contributed by atoms with van der Waals surface area (Å²) in [6, 6.07) is 0. The minimum atomic E-state index is 0.378. The molecule has 2 heterocycles. The number of hydrogen-bond acceptors (Lipinski definition) is 5. The summed E-state index contributed by atoms with van der Waals surface area (Å²) in [5.74, 6) is 11.4. The molecule has 0 saturated carbocycles. The molecule has 0 saturated heterocycles. The molecule has 0 atom stereocenters. The first-order chi connectivity index (χ1) is 8.54. The van der Waals surface area contributed by atoms with E-state index in [1.54, 1.807) is 7.05 Å². The SMILES string of the molecule is CN1CCCn2nc(/C(=N/N)N(C)N)c(Cl)c2C1. The van der Waals surface area contributed by atoms with E-state index in [4.69, 9.17) is 23.3 Å². The second kappa shape index (κ2) is 5.13. The van der Waals surface area contributed by atoms with E-state index in [2.05, 4.69) is 22.1 Å². The van der Waals surface area contributed by atoms with Crippen LogP contribution < -0.4 is 11.7 Å². The Bertz CT molecular complexity index is 465. The van der Waals surface area contributed by atoms with E-state index in [-0.39, 0.29) is 0 Å². The van der Waals surface area contributed by atoms with E-state index in [9.17, 15) is 0 Å². The third-order valence-corrected chi connectivity index (χ3v) is 3.39. The van der Waals surface area contributed by atoms with Gasteiger partial charge in [0.2, 0.25) is 0 Å². The number of halogens is 1. The molecule has 0 bridgehead atoms. The van der Waals surface area contributed by atoms with E-state index >= 15 is 0 Å². The first-order valence-corrected chi connectivity index (χ1v) is 6.12. The maximum atomic E-state index is 6.37. The number of rotatable bonds is 1. The Balaban J connectivity index is 2.44. The van der Waals surface area contributed by atoms with Crippen LogP contribution in [-0.2, 0) is 13.1 Å². The number of nitrogens with zero attached hydrogens (tertiary/aromatic N) is 5. The zero-order chi connectivity index (χ0) is 13.3. The molecule has 1 aromatic rings. The van der Waals surface area contributed by atoms with E-state index in [1.165, 1.54) is 5.01 Å². The second-order valence-electron chi connectivity index (χ2n) is 4.49. The number of nitrogens with two attached hydrogens (primary N) is 2. The summed E-state index contributed by atoms with van der Waals surface area (Å²) in [5, 5.41) is 10.0. The molecule has 8 heteroatoms. The fraction of sp³-hybridized carbons (Fsp3) is 0.600. The van der Waals surface area contributed by atoms with Crippen LogP contribution in [0.3, 0.4) is 0 Å². The smallest absolute Gasteiger partial charge is 0.191 e. The van der Waals surface area contributed by atoms with E-state index in [1.807, 2.05) is 4.68 Å². The van der Waals surface area contributed by atoms with E-state index in [0.29, 0.717) is 16.6 Å². The Morgan fingerprint density at radius 3 is 2.83 bits per heavy atom. The van der Waals surface area contributed by atoms with Gasteiger partial charge in [-0.1, -0.05) is 11.6 Å². The lowest BCUT2D eigenvalue weighted by Crippen LogP contribution is -2.35. The molecule has 1 aliphatic heterocycles. The van der Waals surface area contributed by atoms with Crippen LogP contribution in [0.2, 0.25) is 5.02 Å². The van der Waals surface area contributed by atoms with Gasteiger partial charge in [-0.15, -0.1) is 0 Å². The van der Waals surface area contributed by atoms with Crippen LogP contribution in [0.5, 0.6) is 0 Å². The van der Waals surface area contributed by atoms with Gasteiger partial charge in [0.05, 0.1) is 10.7 Å². The van der Waals surface area contributed by atoms with Crippen molar-refractivity contribution in [1.29, 1.82) is 0 Å². The van der Waals surface area contributed by atoms with Crippen LogP contribution in [0.1, 0.15) is 17.8 Å². The summed E-state index contributed by atoms with van der Waals surface area (Å²) in [6.45, 7) is 2.63.